The van der Waals surface area contributed by atoms with Gasteiger partial charge in [0, 0.05) is 44.6 Å². The van der Waals surface area contributed by atoms with Gasteiger partial charge in [0.05, 0.1) is 5.92 Å². The van der Waals surface area contributed by atoms with Crippen LogP contribution in [0, 0.1) is 11.8 Å². The lowest BCUT2D eigenvalue weighted by atomic mass is 9.97. The molecule has 4 heterocycles. The van der Waals surface area contributed by atoms with Crippen molar-refractivity contribution >= 4 is 23.2 Å². The number of fused-ring (bicyclic) bond motifs is 1. The molecule has 7 nitrogen and oxygen atoms in total. The van der Waals surface area contributed by atoms with Crippen LogP contribution in [0.2, 0.25) is 0 Å². The summed E-state index contributed by atoms with van der Waals surface area (Å²) in [5.74, 6) is 1.74. The van der Waals surface area contributed by atoms with Crippen molar-refractivity contribution in [2.24, 2.45) is 11.8 Å². The Bertz CT molecular complexity index is 1050. The molecule has 168 valence electrons. The standard InChI is InChI=1S/C25H32N6O/c1-19-11-15-29(16-12-19)22-9-7-20(8-10-22)17-26-24(32)21-5-4-13-30(18-21)25-28-27-23-6-2-3-14-31(23)25/h2-3,6-10,14,19,21H,4-5,11-13,15-18H2,1H3,(H,26,32). The van der Waals surface area contributed by atoms with Crippen LogP contribution in [0.25, 0.3) is 5.65 Å². The van der Waals surface area contributed by atoms with Crippen molar-refractivity contribution in [3.63, 3.8) is 0 Å². The summed E-state index contributed by atoms with van der Waals surface area (Å²) in [6, 6.07) is 14.5. The number of carbonyl (C=O) groups excluding carboxylic acids is 1. The zero-order valence-corrected chi connectivity index (χ0v) is 18.8. The van der Waals surface area contributed by atoms with E-state index in [2.05, 4.69) is 56.5 Å². The van der Waals surface area contributed by atoms with E-state index in [1.807, 2.05) is 28.8 Å². The van der Waals surface area contributed by atoms with Gasteiger partial charge in [0.25, 0.3) is 0 Å². The van der Waals surface area contributed by atoms with E-state index in [9.17, 15) is 4.79 Å². The van der Waals surface area contributed by atoms with Gasteiger partial charge in [-0.1, -0.05) is 25.1 Å². The lowest BCUT2D eigenvalue weighted by Gasteiger charge is -2.32. The Morgan fingerprint density at radius 2 is 1.81 bits per heavy atom. The minimum atomic E-state index is -0.0329. The van der Waals surface area contributed by atoms with E-state index in [4.69, 9.17) is 0 Å². The summed E-state index contributed by atoms with van der Waals surface area (Å²) in [5, 5.41) is 11.8. The van der Waals surface area contributed by atoms with Gasteiger partial charge in [0.15, 0.2) is 5.65 Å². The molecule has 2 aliphatic rings. The van der Waals surface area contributed by atoms with Crippen molar-refractivity contribution in [3.05, 3.63) is 54.2 Å². The van der Waals surface area contributed by atoms with Crippen LogP contribution < -0.4 is 15.1 Å². The predicted molar refractivity (Wildman–Crippen MR) is 127 cm³/mol. The number of nitrogens with zero attached hydrogens (tertiary/aromatic N) is 5. The number of amides is 1. The zero-order chi connectivity index (χ0) is 21.9. The monoisotopic (exact) mass is 432 g/mol. The van der Waals surface area contributed by atoms with Crippen LogP contribution in [0.1, 0.15) is 38.2 Å². The number of pyridine rings is 1. The Morgan fingerprint density at radius 1 is 1.00 bits per heavy atom. The Hall–Kier alpha value is -3.09. The fourth-order valence-electron chi connectivity index (χ4n) is 4.84. The Balaban J connectivity index is 1.16. The molecule has 0 aliphatic carbocycles. The largest absolute Gasteiger partial charge is 0.372 e. The third-order valence-corrected chi connectivity index (χ3v) is 6.92. The molecule has 2 saturated heterocycles. The molecular formula is C25H32N6O. The SMILES string of the molecule is CC1CCN(c2ccc(CNC(=O)C3CCCN(c4nnc5ccccn45)C3)cc2)CC1. The van der Waals surface area contributed by atoms with Gasteiger partial charge < -0.3 is 15.1 Å². The maximum atomic E-state index is 12.9. The predicted octanol–water partition coefficient (Wildman–Crippen LogP) is 3.50. The number of carbonyl (C=O) groups is 1. The molecule has 1 unspecified atom stereocenters. The second kappa shape index (κ2) is 9.18. The normalized spacial score (nSPS) is 20.0. The molecule has 0 saturated carbocycles. The topological polar surface area (TPSA) is 65.8 Å². The smallest absolute Gasteiger partial charge is 0.231 e. The summed E-state index contributed by atoms with van der Waals surface area (Å²) in [6.45, 7) is 6.75. The van der Waals surface area contributed by atoms with Crippen molar-refractivity contribution in [2.75, 3.05) is 36.0 Å². The fraction of sp³-hybridized carbons (Fsp3) is 0.480. The van der Waals surface area contributed by atoms with E-state index >= 15 is 0 Å². The van der Waals surface area contributed by atoms with Crippen LogP contribution in [0.5, 0.6) is 0 Å². The molecular weight excluding hydrogens is 400 g/mol. The number of anilines is 2. The van der Waals surface area contributed by atoms with Crippen molar-refractivity contribution in [1.29, 1.82) is 0 Å². The summed E-state index contributed by atoms with van der Waals surface area (Å²) in [7, 11) is 0. The van der Waals surface area contributed by atoms with Crippen molar-refractivity contribution < 1.29 is 4.79 Å². The first-order valence-electron chi connectivity index (χ1n) is 11.8. The molecule has 2 aromatic heterocycles. The number of benzene rings is 1. The third kappa shape index (κ3) is 4.42. The second-order valence-electron chi connectivity index (χ2n) is 9.27. The summed E-state index contributed by atoms with van der Waals surface area (Å²) < 4.78 is 1.99. The summed E-state index contributed by atoms with van der Waals surface area (Å²) >= 11 is 0. The minimum Gasteiger partial charge on any atom is -0.372 e. The van der Waals surface area contributed by atoms with Crippen molar-refractivity contribution in [2.45, 2.75) is 39.2 Å². The summed E-state index contributed by atoms with van der Waals surface area (Å²) in [5.41, 5.74) is 3.26. The van der Waals surface area contributed by atoms with Crippen molar-refractivity contribution in [1.82, 2.24) is 19.9 Å². The van der Waals surface area contributed by atoms with Crippen LogP contribution in [-0.2, 0) is 11.3 Å². The van der Waals surface area contributed by atoms with Gasteiger partial charge in [-0.05, 0) is 61.4 Å². The number of nitrogens with one attached hydrogen (secondary N) is 1. The van der Waals surface area contributed by atoms with Crippen LogP contribution >= 0.6 is 0 Å². The van der Waals surface area contributed by atoms with E-state index < -0.39 is 0 Å². The van der Waals surface area contributed by atoms with Gasteiger partial charge in [0.1, 0.15) is 0 Å². The highest BCUT2D eigenvalue weighted by Crippen LogP contribution is 2.24. The van der Waals surface area contributed by atoms with Crippen LogP contribution in [0.3, 0.4) is 0 Å². The van der Waals surface area contributed by atoms with Gasteiger partial charge in [-0.15, -0.1) is 10.2 Å². The fourth-order valence-corrected chi connectivity index (χ4v) is 4.84. The first-order valence-corrected chi connectivity index (χ1v) is 11.8. The van der Waals surface area contributed by atoms with Gasteiger partial charge in [-0.3, -0.25) is 9.20 Å². The second-order valence-corrected chi connectivity index (χ2v) is 9.27. The molecule has 2 aliphatic heterocycles. The average molecular weight is 433 g/mol. The van der Waals surface area contributed by atoms with Crippen LogP contribution in [0.15, 0.2) is 48.7 Å². The zero-order valence-electron chi connectivity index (χ0n) is 18.8. The molecule has 2 fully saturated rings. The molecule has 0 bridgehead atoms. The van der Waals surface area contributed by atoms with Gasteiger partial charge in [-0.2, -0.15) is 0 Å². The molecule has 1 amide bonds. The lowest BCUT2D eigenvalue weighted by Crippen LogP contribution is -2.43. The van der Waals surface area contributed by atoms with Crippen LogP contribution in [0.4, 0.5) is 11.6 Å². The molecule has 1 N–H and O–H groups in total. The first kappa shape index (κ1) is 20.8. The molecule has 1 atom stereocenters. The van der Waals surface area contributed by atoms with Gasteiger partial charge in [-0.25, -0.2) is 0 Å². The van der Waals surface area contributed by atoms with E-state index in [0.717, 1.165) is 55.6 Å². The summed E-state index contributed by atoms with van der Waals surface area (Å²) in [6.07, 6.45) is 6.39. The van der Waals surface area contributed by atoms with Gasteiger partial charge >= 0.3 is 0 Å². The Labute approximate surface area is 189 Å². The molecule has 0 radical (unpaired) electrons. The average Bonchev–Trinajstić information content (AvgIpc) is 3.28. The maximum absolute atomic E-state index is 12.9. The molecule has 32 heavy (non-hydrogen) atoms. The molecule has 7 heteroatoms. The highest BCUT2D eigenvalue weighted by Gasteiger charge is 2.28. The van der Waals surface area contributed by atoms with Gasteiger partial charge in [0.2, 0.25) is 11.9 Å². The quantitative estimate of drug-likeness (QED) is 0.669. The highest BCUT2D eigenvalue weighted by atomic mass is 16.1. The lowest BCUT2D eigenvalue weighted by molar-refractivity contribution is -0.125. The minimum absolute atomic E-state index is 0.0329. The van der Waals surface area contributed by atoms with E-state index in [-0.39, 0.29) is 11.8 Å². The van der Waals surface area contributed by atoms with E-state index in [0.29, 0.717) is 13.1 Å². The number of hydrogen-bond donors (Lipinski definition) is 1. The van der Waals surface area contributed by atoms with E-state index in [1.165, 1.54) is 18.5 Å². The molecule has 3 aromatic rings. The number of piperidine rings is 2. The van der Waals surface area contributed by atoms with Crippen molar-refractivity contribution in [3.8, 4) is 0 Å². The molecule has 0 spiro atoms. The highest BCUT2D eigenvalue weighted by molar-refractivity contribution is 5.79. The van der Waals surface area contributed by atoms with Crippen LogP contribution in [-0.4, -0.2) is 46.7 Å². The molecule has 1 aromatic carbocycles. The number of hydrogen-bond acceptors (Lipinski definition) is 5. The summed E-state index contributed by atoms with van der Waals surface area (Å²) in [4.78, 5) is 17.6. The molecule has 5 rings (SSSR count). The maximum Gasteiger partial charge on any atom is 0.231 e. The number of aromatic nitrogens is 3. The van der Waals surface area contributed by atoms with E-state index in [1.54, 1.807) is 0 Å². The number of rotatable bonds is 5. The first-order chi connectivity index (χ1) is 15.7. The Kier molecular flexibility index (Phi) is 5.97. The Morgan fingerprint density at radius 3 is 2.62 bits per heavy atom. The third-order valence-electron chi connectivity index (χ3n) is 6.92.